The van der Waals surface area contributed by atoms with Crippen molar-refractivity contribution in [2.24, 2.45) is 4.99 Å². The predicted molar refractivity (Wildman–Crippen MR) is 142 cm³/mol. The summed E-state index contributed by atoms with van der Waals surface area (Å²) in [6.45, 7) is 1.58. The molecule has 2 aliphatic rings. The molecule has 204 valence electrons. The number of carbonyl (C=O) groups excluding carboxylic acids is 1. The largest absolute Gasteiger partial charge is 0.422 e. The van der Waals surface area contributed by atoms with E-state index >= 15 is 0 Å². The molecular weight excluding hydrogens is 523 g/mol. The second-order valence-corrected chi connectivity index (χ2v) is 9.41. The van der Waals surface area contributed by atoms with E-state index in [1.54, 1.807) is 4.90 Å². The topological polar surface area (TPSA) is 92.9 Å². The monoisotopic (exact) mass is 547 g/mol. The van der Waals surface area contributed by atoms with Gasteiger partial charge in [0.1, 0.15) is 5.69 Å². The standard InChI is InChI=1S/C29H24F3N5O3/c30-29(31,32)20-15-22(37-10-12-39-13-11-37)26(33-16-20)24-17-34-28(40-24)36-27-23(38)14-19-8-4-5-9-21(19)25(35-27)18-6-2-1-3-7-18/h1-9,15-17,27H,10-14H2,(H,34,36). The van der Waals surface area contributed by atoms with Gasteiger partial charge in [-0.15, -0.1) is 0 Å². The normalized spacial score (nSPS) is 17.7. The number of pyridine rings is 1. The Labute approximate surface area is 227 Å². The van der Waals surface area contributed by atoms with Gasteiger partial charge in [-0.1, -0.05) is 54.6 Å². The number of anilines is 2. The van der Waals surface area contributed by atoms with Crippen LogP contribution >= 0.6 is 0 Å². The molecule has 40 heavy (non-hydrogen) atoms. The van der Waals surface area contributed by atoms with E-state index in [1.807, 2.05) is 54.6 Å². The molecule has 0 aliphatic carbocycles. The maximum atomic E-state index is 13.5. The molecule has 11 heteroatoms. The minimum absolute atomic E-state index is 0.00472. The summed E-state index contributed by atoms with van der Waals surface area (Å²) in [7, 11) is 0. The van der Waals surface area contributed by atoms with E-state index in [2.05, 4.69) is 15.3 Å². The van der Waals surface area contributed by atoms with Gasteiger partial charge in [-0.05, 0) is 11.6 Å². The molecule has 2 aromatic heterocycles. The van der Waals surface area contributed by atoms with E-state index in [9.17, 15) is 18.0 Å². The summed E-state index contributed by atoms with van der Waals surface area (Å²) < 4.78 is 51.7. The maximum absolute atomic E-state index is 13.5. The first kappa shape index (κ1) is 25.8. The SMILES string of the molecule is O=C1Cc2ccccc2C(c2ccccc2)=NC1Nc1ncc(-c2ncc(C(F)(F)F)cc2N2CCOCC2)o1. The lowest BCUT2D eigenvalue weighted by Gasteiger charge is -2.30. The molecule has 1 saturated heterocycles. The number of Topliss-reactive ketones (excluding diaryl/α,β-unsaturated/α-hetero) is 1. The van der Waals surface area contributed by atoms with Gasteiger partial charge in [-0.3, -0.25) is 14.8 Å². The highest BCUT2D eigenvalue weighted by Gasteiger charge is 2.33. The van der Waals surface area contributed by atoms with Crippen molar-refractivity contribution in [1.29, 1.82) is 0 Å². The highest BCUT2D eigenvalue weighted by Crippen LogP contribution is 2.37. The Bertz CT molecular complexity index is 1560. The van der Waals surface area contributed by atoms with E-state index in [-0.39, 0.29) is 35.4 Å². The van der Waals surface area contributed by atoms with Crippen LogP contribution in [0, 0.1) is 0 Å². The fourth-order valence-electron chi connectivity index (χ4n) is 4.81. The molecule has 0 amide bonds. The zero-order valence-corrected chi connectivity index (χ0v) is 21.2. The van der Waals surface area contributed by atoms with Gasteiger partial charge in [0.25, 0.3) is 6.01 Å². The van der Waals surface area contributed by atoms with E-state index in [1.165, 1.54) is 6.20 Å². The average molecular weight is 548 g/mol. The van der Waals surface area contributed by atoms with Crippen molar-refractivity contribution in [2.45, 2.75) is 18.8 Å². The van der Waals surface area contributed by atoms with Crippen LogP contribution < -0.4 is 10.2 Å². The summed E-state index contributed by atoms with van der Waals surface area (Å²) in [5.41, 5.74) is 2.86. The zero-order chi connectivity index (χ0) is 27.7. The number of hydrogen-bond acceptors (Lipinski definition) is 8. The number of benzene rings is 2. The van der Waals surface area contributed by atoms with Crippen LogP contribution in [0.15, 0.2) is 82.5 Å². The lowest BCUT2D eigenvalue weighted by Crippen LogP contribution is -2.36. The number of nitrogens with zero attached hydrogens (tertiary/aromatic N) is 4. The number of alkyl halides is 3. The first-order chi connectivity index (χ1) is 19.4. The Morgan fingerprint density at radius 2 is 1.70 bits per heavy atom. The van der Waals surface area contributed by atoms with Gasteiger partial charge in [0.05, 0.1) is 36.4 Å². The second-order valence-electron chi connectivity index (χ2n) is 9.41. The van der Waals surface area contributed by atoms with Crippen LogP contribution in [-0.4, -0.2) is 53.9 Å². The molecule has 8 nitrogen and oxygen atoms in total. The quantitative estimate of drug-likeness (QED) is 0.376. The molecular formula is C29H24F3N5O3. The molecule has 2 aliphatic heterocycles. The first-order valence-electron chi connectivity index (χ1n) is 12.7. The van der Waals surface area contributed by atoms with Crippen LogP contribution in [0.3, 0.4) is 0 Å². The summed E-state index contributed by atoms with van der Waals surface area (Å²) in [4.78, 5) is 28.1. The van der Waals surface area contributed by atoms with Crippen molar-refractivity contribution in [3.63, 3.8) is 0 Å². The van der Waals surface area contributed by atoms with Crippen LogP contribution in [-0.2, 0) is 22.1 Å². The number of ether oxygens (including phenoxy) is 1. The van der Waals surface area contributed by atoms with Crippen molar-refractivity contribution in [3.8, 4) is 11.5 Å². The molecule has 0 spiro atoms. The number of aromatic nitrogens is 2. The van der Waals surface area contributed by atoms with E-state index in [0.29, 0.717) is 32.0 Å². The molecule has 0 saturated carbocycles. The number of carbonyl (C=O) groups is 1. The number of hydrogen-bond donors (Lipinski definition) is 1. The van der Waals surface area contributed by atoms with Crippen molar-refractivity contribution in [2.75, 3.05) is 36.5 Å². The third kappa shape index (κ3) is 5.20. The first-order valence-corrected chi connectivity index (χ1v) is 12.7. The van der Waals surface area contributed by atoms with Gasteiger partial charge in [-0.25, -0.2) is 4.98 Å². The van der Waals surface area contributed by atoms with E-state index in [4.69, 9.17) is 14.1 Å². The van der Waals surface area contributed by atoms with Crippen LogP contribution in [0.1, 0.15) is 22.3 Å². The number of aliphatic imine (C=N–C) groups is 1. The van der Waals surface area contributed by atoms with Crippen molar-refractivity contribution in [3.05, 3.63) is 95.3 Å². The zero-order valence-electron chi connectivity index (χ0n) is 21.2. The Morgan fingerprint density at radius 3 is 2.48 bits per heavy atom. The summed E-state index contributed by atoms with van der Waals surface area (Å²) in [5.74, 6) is -0.0193. The lowest BCUT2D eigenvalue weighted by atomic mass is 9.96. The van der Waals surface area contributed by atoms with E-state index in [0.717, 1.165) is 29.0 Å². The van der Waals surface area contributed by atoms with Crippen LogP contribution in [0.5, 0.6) is 0 Å². The molecule has 2 aromatic carbocycles. The fourth-order valence-corrected chi connectivity index (χ4v) is 4.81. The number of oxazole rings is 1. The number of rotatable bonds is 5. The Hall–Kier alpha value is -4.51. The maximum Gasteiger partial charge on any atom is 0.417 e. The highest BCUT2D eigenvalue weighted by molar-refractivity contribution is 6.16. The summed E-state index contributed by atoms with van der Waals surface area (Å²) in [6, 6.07) is 18.2. The summed E-state index contributed by atoms with van der Waals surface area (Å²) >= 11 is 0. The van der Waals surface area contributed by atoms with Crippen molar-refractivity contribution >= 4 is 23.2 Å². The molecule has 0 bridgehead atoms. The number of morpholine rings is 1. The predicted octanol–water partition coefficient (Wildman–Crippen LogP) is 4.99. The van der Waals surface area contributed by atoms with Crippen LogP contribution in [0.25, 0.3) is 11.5 Å². The second kappa shape index (κ2) is 10.6. The van der Waals surface area contributed by atoms with Gasteiger partial charge in [0, 0.05) is 36.8 Å². The molecule has 4 heterocycles. The minimum atomic E-state index is -4.55. The van der Waals surface area contributed by atoms with Gasteiger partial charge in [0.15, 0.2) is 17.7 Å². The number of halogens is 3. The van der Waals surface area contributed by atoms with Gasteiger partial charge < -0.3 is 19.4 Å². The van der Waals surface area contributed by atoms with Gasteiger partial charge >= 0.3 is 6.18 Å². The van der Waals surface area contributed by atoms with Crippen molar-refractivity contribution < 1.29 is 27.1 Å². The molecule has 1 N–H and O–H groups in total. The van der Waals surface area contributed by atoms with Crippen LogP contribution in [0.4, 0.5) is 24.9 Å². The Kier molecular flexibility index (Phi) is 6.81. The Balaban J connectivity index is 1.34. The summed E-state index contributed by atoms with van der Waals surface area (Å²) in [6.07, 6.45) is -3.24. The highest BCUT2D eigenvalue weighted by atomic mass is 19.4. The lowest BCUT2D eigenvalue weighted by molar-refractivity contribution is -0.137. The Morgan fingerprint density at radius 1 is 0.950 bits per heavy atom. The molecule has 4 aromatic rings. The summed E-state index contributed by atoms with van der Waals surface area (Å²) in [5, 5.41) is 2.97. The van der Waals surface area contributed by atoms with Crippen LogP contribution in [0.2, 0.25) is 0 Å². The molecule has 1 fully saturated rings. The third-order valence-electron chi connectivity index (χ3n) is 6.79. The molecule has 6 rings (SSSR count). The molecule has 0 radical (unpaired) electrons. The van der Waals surface area contributed by atoms with Gasteiger partial charge in [0.2, 0.25) is 0 Å². The minimum Gasteiger partial charge on any atom is -0.422 e. The molecule has 1 unspecified atom stereocenters. The third-order valence-corrected chi connectivity index (χ3v) is 6.79. The smallest absolute Gasteiger partial charge is 0.417 e. The van der Waals surface area contributed by atoms with Gasteiger partial charge in [-0.2, -0.15) is 13.2 Å². The molecule has 1 atom stereocenters. The number of fused-ring (bicyclic) bond motifs is 1. The van der Waals surface area contributed by atoms with Crippen molar-refractivity contribution in [1.82, 2.24) is 9.97 Å². The van der Waals surface area contributed by atoms with E-state index < -0.39 is 17.9 Å². The number of nitrogens with one attached hydrogen (secondary N) is 1. The fraction of sp³-hybridized carbons (Fsp3) is 0.241. The number of ketones is 1. The average Bonchev–Trinajstić information content (AvgIpc) is 3.38.